The van der Waals surface area contributed by atoms with E-state index in [-0.39, 0.29) is 5.56 Å². The lowest BCUT2D eigenvalue weighted by Crippen LogP contribution is -2.10. The van der Waals surface area contributed by atoms with Gasteiger partial charge in [0.2, 0.25) is 5.82 Å². The Morgan fingerprint density at radius 3 is 2.33 bits per heavy atom. The summed E-state index contributed by atoms with van der Waals surface area (Å²) in [5, 5.41) is 0. The second kappa shape index (κ2) is 4.58. The molecule has 0 aliphatic rings. The molecule has 1 unspecified atom stereocenters. The second-order valence-corrected chi connectivity index (χ2v) is 3.55. The van der Waals surface area contributed by atoms with E-state index in [0.717, 1.165) is 18.6 Å². The summed E-state index contributed by atoms with van der Waals surface area (Å²) in [7, 11) is 0. The third kappa shape index (κ3) is 3.84. The molecule has 1 aromatic heterocycles. The summed E-state index contributed by atoms with van der Waals surface area (Å²) in [5.41, 5.74) is 0.262. The maximum Gasteiger partial charge on any atom is 0.451 e. The van der Waals surface area contributed by atoms with Crippen molar-refractivity contribution >= 4 is 17.6 Å². The van der Waals surface area contributed by atoms with Crippen LogP contribution in [-0.4, -0.2) is 27.0 Å². The minimum absolute atomic E-state index is 0.262. The zero-order valence-corrected chi connectivity index (χ0v) is 8.34. The summed E-state index contributed by atoms with van der Waals surface area (Å²) in [4.78, 5) is 6.20. The first-order valence-electron chi connectivity index (χ1n) is 3.66. The summed E-state index contributed by atoms with van der Waals surface area (Å²) >= 11 is -1.40. The molecule has 15 heavy (non-hydrogen) atoms. The monoisotopic (exact) mass is 237 g/mol. The van der Waals surface area contributed by atoms with Crippen LogP contribution in [0.5, 0.6) is 0 Å². The van der Waals surface area contributed by atoms with Crippen molar-refractivity contribution in [1.82, 2.24) is 9.97 Å². The molecule has 0 aliphatic carbocycles. The molecule has 8 heteroatoms. The number of hydrogen-bond acceptors (Lipinski definition) is 4. The van der Waals surface area contributed by atoms with Crippen LogP contribution < -0.4 is 0 Å². The highest BCUT2D eigenvalue weighted by Gasteiger charge is 2.34. The Labute approximate surface area is 86.6 Å². The van der Waals surface area contributed by atoms with Gasteiger partial charge in [0, 0.05) is 18.0 Å². The predicted molar refractivity (Wildman–Crippen MR) is 48.7 cm³/mol. The highest BCUT2D eigenvalue weighted by molar-refractivity contribution is 7.89. The summed E-state index contributed by atoms with van der Waals surface area (Å²) in [6.45, 7) is 0. The topological polar surface area (TPSA) is 61.2 Å². The summed E-state index contributed by atoms with van der Waals surface area (Å²) in [6, 6.07) is 0. The zero-order valence-electron chi connectivity index (χ0n) is 7.52. The molecule has 0 saturated carbocycles. The molecule has 82 valence electrons. The maximum atomic E-state index is 12.0. The third-order valence-electron chi connectivity index (χ3n) is 1.28. The van der Waals surface area contributed by atoms with Crippen molar-refractivity contribution in [2.24, 2.45) is 4.40 Å². The average molecular weight is 237 g/mol. The molecule has 0 spiro atoms. The molecule has 4 nitrogen and oxygen atoms in total. The van der Waals surface area contributed by atoms with Crippen molar-refractivity contribution in [2.75, 3.05) is 6.26 Å². The van der Waals surface area contributed by atoms with Crippen LogP contribution in [0.3, 0.4) is 0 Å². The van der Waals surface area contributed by atoms with Gasteiger partial charge in [0.1, 0.15) is 6.26 Å². The Hall–Kier alpha value is -1.15. The first-order valence-corrected chi connectivity index (χ1v) is 5.18. The van der Waals surface area contributed by atoms with Gasteiger partial charge in [-0.15, -0.1) is 0 Å². The van der Waals surface area contributed by atoms with Gasteiger partial charge in [0.05, 0.1) is 17.6 Å². The van der Waals surface area contributed by atoms with Crippen LogP contribution >= 0.6 is 0 Å². The molecule has 0 saturated heterocycles. The summed E-state index contributed by atoms with van der Waals surface area (Å²) < 4.78 is 50.1. The molecular weight excluding hydrogens is 231 g/mol. The number of nitrogens with zero attached hydrogens (tertiary/aromatic N) is 3. The van der Waals surface area contributed by atoms with Crippen LogP contribution in [0.1, 0.15) is 11.4 Å². The van der Waals surface area contributed by atoms with Crippen LogP contribution in [-0.2, 0) is 17.5 Å². The molecule has 1 aromatic rings. The van der Waals surface area contributed by atoms with Gasteiger partial charge >= 0.3 is 6.18 Å². The molecule has 0 aromatic carbocycles. The molecule has 0 fully saturated rings. The molecule has 1 atom stereocenters. The molecule has 1 rings (SSSR count). The first-order chi connectivity index (χ1) is 6.89. The fraction of sp³-hybridized carbons (Fsp3) is 0.286. The number of alkyl halides is 3. The van der Waals surface area contributed by atoms with Crippen molar-refractivity contribution in [2.45, 2.75) is 6.18 Å². The van der Waals surface area contributed by atoms with Crippen LogP contribution in [0.4, 0.5) is 13.2 Å². The van der Waals surface area contributed by atoms with Crippen molar-refractivity contribution in [3.63, 3.8) is 0 Å². The normalized spacial score (nSPS) is 14.5. The molecule has 1 heterocycles. The zero-order chi connectivity index (χ0) is 11.5. The largest absolute Gasteiger partial charge is 0.592 e. The third-order valence-corrected chi connectivity index (χ3v) is 1.68. The SMILES string of the molecule is C[S+]([O-])/N=C/c1cnc(C(F)(F)F)nc1. The van der Waals surface area contributed by atoms with Gasteiger partial charge in [-0.25, -0.2) is 9.97 Å². The number of aromatic nitrogens is 2. The van der Waals surface area contributed by atoms with E-state index >= 15 is 0 Å². The molecule has 0 N–H and O–H groups in total. The second-order valence-electron chi connectivity index (χ2n) is 2.50. The molecule has 0 aliphatic heterocycles. The fourth-order valence-corrected chi connectivity index (χ4v) is 0.956. The van der Waals surface area contributed by atoms with E-state index in [1.54, 1.807) is 0 Å². The highest BCUT2D eigenvalue weighted by atomic mass is 32.2. The first kappa shape index (κ1) is 11.9. The quantitative estimate of drug-likeness (QED) is 0.573. The van der Waals surface area contributed by atoms with Gasteiger partial charge in [-0.05, 0) is 0 Å². The van der Waals surface area contributed by atoms with E-state index in [9.17, 15) is 17.7 Å². The Bertz CT molecular complexity index is 349. The van der Waals surface area contributed by atoms with E-state index in [1.165, 1.54) is 6.26 Å². The Morgan fingerprint density at radius 1 is 1.40 bits per heavy atom. The highest BCUT2D eigenvalue weighted by Crippen LogP contribution is 2.25. The Morgan fingerprint density at radius 2 is 1.93 bits per heavy atom. The Kier molecular flexibility index (Phi) is 3.64. The van der Waals surface area contributed by atoms with E-state index in [0.29, 0.717) is 0 Å². The van der Waals surface area contributed by atoms with Crippen LogP contribution in [0, 0.1) is 0 Å². The summed E-state index contributed by atoms with van der Waals surface area (Å²) in [5.74, 6) is -1.21. The van der Waals surface area contributed by atoms with Gasteiger partial charge in [0.15, 0.2) is 0 Å². The van der Waals surface area contributed by atoms with Gasteiger partial charge in [-0.2, -0.15) is 13.2 Å². The Balaban J connectivity index is 2.82. The van der Waals surface area contributed by atoms with Gasteiger partial charge in [-0.3, -0.25) is 0 Å². The standard InChI is InChI=1S/C7H6F3N3OS/c1-15(14)13-4-5-2-11-6(12-3-5)7(8,9)10/h2-4H,1H3/b13-4+. The lowest BCUT2D eigenvalue weighted by molar-refractivity contribution is -0.145. The molecular formula is C7H6F3N3OS. The van der Waals surface area contributed by atoms with Crippen molar-refractivity contribution in [3.05, 3.63) is 23.8 Å². The van der Waals surface area contributed by atoms with E-state index < -0.39 is 23.4 Å². The molecule has 0 radical (unpaired) electrons. The summed E-state index contributed by atoms with van der Waals surface area (Å²) in [6.07, 6.45) is -0.140. The number of rotatable bonds is 2. The smallest absolute Gasteiger partial charge is 0.451 e. The van der Waals surface area contributed by atoms with Crippen molar-refractivity contribution in [1.29, 1.82) is 0 Å². The molecule has 0 amide bonds. The van der Waals surface area contributed by atoms with Crippen LogP contribution in [0.25, 0.3) is 0 Å². The van der Waals surface area contributed by atoms with E-state index in [4.69, 9.17) is 0 Å². The van der Waals surface area contributed by atoms with E-state index in [1.807, 2.05) is 0 Å². The average Bonchev–Trinajstić information content (AvgIpc) is 2.14. The lowest BCUT2D eigenvalue weighted by atomic mass is 10.4. The number of hydrogen-bond donors (Lipinski definition) is 0. The fourth-order valence-electron chi connectivity index (χ4n) is 0.686. The van der Waals surface area contributed by atoms with Crippen molar-refractivity contribution < 1.29 is 17.7 Å². The van der Waals surface area contributed by atoms with E-state index in [2.05, 4.69) is 14.4 Å². The molecule has 0 bridgehead atoms. The van der Waals surface area contributed by atoms with Gasteiger partial charge < -0.3 is 4.55 Å². The number of halogens is 3. The maximum absolute atomic E-state index is 12.0. The van der Waals surface area contributed by atoms with Gasteiger partial charge in [0.25, 0.3) is 0 Å². The van der Waals surface area contributed by atoms with Crippen LogP contribution in [0.2, 0.25) is 0 Å². The lowest BCUT2D eigenvalue weighted by Gasteiger charge is -2.03. The van der Waals surface area contributed by atoms with Gasteiger partial charge in [-0.1, -0.05) is 4.40 Å². The minimum Gasteiger partial charge on any atom is -0.592 e. The minimum atomic E-state index is -4.55. The van der Waals surface area contributed by atoms with Crippen molar-refractivity contribution in [3.8, 4) is 0 Å². The predicted octanol–water partition coefficient (Wildman–Crippen LogP) is 1.21. The van der Waals surface area contributed by atoms with Crippen LogP contribution in [0.15, 0.2) is 16.8 Å².